The Kier molecular flexibility index (Phi) is 5.50. The van der Waals surface area contributed by atoms with E-state index in [1.165, 1.54) is 0 Å². The van der Waals surface area contributed by atoms with E-state index in [9.17, 15) is 4.79 Å². The van der Waals surface area contributed by atoms with Crippen molar-refractivity contribution in [1.82, 2.24) is 10.3 Å². The summed E-state index contributed by atoms with van der Waals surface area (Å²) in [5, 5.41) is 17.6. The van der Waals surface area contributed by atoms with Crippen molar-refractivity contribution < 1.29 is 4.79 Å². The third kappa shape index (κ3) is 4.30. The Morgan fingerprint density at radius 1 is 1.41 bits per heavy atom. The molecule has 2 aromatic rings. The van der Waals surface area contributed by atoms with Crippen LogP contribution in [0.25, 0.3) is 0 Å². The van der Waals surface area contributed by atoms with Crippen LogP contribution in [-0.4, -0.2) is 17.6 Å². The van der Waals surface area contributed by atoms with Crippen molar-refractivity contribution in [2.75, 3.05) is 11.9 Å². The summed E-state index contributed by atoms with van der Waals surface area (Å²) < 4.78 is 0. The lowest BCUT2D eigenvalue weighted by Gasteiger charge is -2.08. The first-order valence-electron chi connectivity index (χ1n) is 7.08. The summed E-state index contributed by atoms with van der Waals surface area (Å²) in [6, 6.07) is 8.63. The molecule has 0 radical (unpaired) electrons. The number of carbonyl (C=O) groups is 1. The van der Waals surface area contributed by atoms with Crippen molar-refractivity contribution >= 4 is 23.1 Å². The average molecular weight is 314 g/mol. The summed E-state index contributed by atoms with van der Waals surface area (Å²) in [7, 11) is 0. The Bertz CT molecular complexity index is 687. The number of aromatic nitrogens is 1. The third-order valence-corrected chi connectivity index (χ3v) is 4.22. The number of nitrogens with one attached hydrogen (secondary N) is 2. The maximum absolute atomic E-state index is 11.8. The standard InChI is InChI=1S/C16H18N4OS/c1-11(2)15-19-13(10-22-15)7-8-18-16(21)20-14-6-4-3-5-12(14)9-17/h3-6,10-11H,7-8H2,1-2H3,(H2,18,20,21). The van der Waals surface area contributed by atoms with Crippen LogP contribution >= 0.6 is 11.3 Å². The molecule has 5 nitrogen and oxygen atoms in total. The first-order chi connectivity index (χ1) is 10.6. The fourth-order valence-corrected chi connectivity index (χ4v) is 2.73. The summed E-state index contributed by atoms with van der Waals surface area (Å²) in [5.74, 6) is 0.428. The smallest absolute Gasteiger partial charge is 0.319 e. The summed E-state index contributed by atoms with van der Waals surface area (Å²) in [6.07, 6.45) is 0.691. The van der Waals surface area contributed by atoms with Crippen LogP contribution in [-0.2, 0) is 6.42 Å². The highest BCUT2D eigenvalue weighted by Gasteiger charge is 2.08. The van der Waals surface area contributed by atoms with Crippen molar-refractivity contribution in [3.63, 3.8) is 0 Å². The quantitative estimate of drug-likeness (QED) is 0.886. The second kappa shape index (κ2) is 7.57. The number of benzene rings is 1. The molecular formula is C16H18N4OS. The fourth-order valence-electron chi connectivity index (χ4n) is 1.86. The number of nitrogens with zero attached hydrogens (tertiary/aromatic N) is 2. The summed E-state index contributed by atoms with van der Waals surface area (Å²) in [4.78, 5) is 16.4. The molecule has 0 aliphatic rings. The number of para-hydroxylation sites is 1. The van der Waals surface area contributed by atoms with E-state index in [-0.39, 0.29) is 6.03 Å². The first kappa shape index (κ1) is 16.0. The molecule has 0 aliphatic carbocycles. The molecule has 2 N–H and O–H groups in total. The molecular weight excluding hydrogens is 296 g/mol. The van der Waals surface area contributed by atoms with Crippen molar-refractivity contribution in [3.8, 4) is 6.07 Å². The molecule has 1 aromatic carbocycles. The predicted molar refractivity (Wildman–Crippen MR) is 88.1 cm³/mol. The van der Waals surface area contributed by atoms with Crippen molar-refractivity contribution in [2.24, 2.45) is 0 Å². The number of thiazole rings is 1. The van der Waals surface area contributed by atoms with E-state index in [4.69, 9.17) is 5.26 Å². The maximum Gasteiger partial charge on any atom is 0.319 e. The fraction of sp³-hybridized carbons (Fsp3) is 0.312. The van der Waals surface area contributed by atoms with Gasteiger partial charge in [0.05, 0.1) is 22.0 Å². The van der Waals surface area contributed by atoms with E-state index in [0.717, 1.165) is 10.7 Å². The Labute approximate surface area is 134 Å². The van der Waals surface area contributed by atoms with Crippen LogP contribution in [0.1, 0.15) is 36.0 Å². The topological polar surface area (TPSA) is 77.8 Å². The van der Waals surface area contributed by atoms with Gasteiger partial charge < -0.3 is 10.6 Å². The monoisotopic (exact) mass is 314 g/mol. The Morgan fingerprint density at radius 3 is 2.86 bits per heavy atom. The normalized spacial score (nSPS) is 10.3. The molecule has 0 atom stereocenters. The van der Waals surface area contributed by atoms with Crippen LogP contribution in [0.3, 0.4) is 0 Å². The zero-order chi connectivity index (χ0) is 15.9. The van der Waals surface area contributed by atoms with Gasteiger partial charge in [0, 0.05) is 24.3 Å². The predicted octanol–water partition coefficient (Wildman–Crippen LogP) is 3.50. The minimum atomic E-state index is -0.318. The van der Waals surface area contributed by atoms with Crippen LogP contribution in [0.5, 0.6) is 0 Å². The van der Waals surface area contributed by atoms with E-state index in [1.54, 1.807) is 35.6 Å². The second-order valence-electron chi connectivity index (χ2n) is 5.12. The highest BCUT2D eigenvalue weighted by molar-refractivity contribution is 7.09. The van der Waals surface area contributed by atoms with Crippen LogP contribution < -0.4 is 10.6 Å². The van der Waals surface area contributed by atoms with Crippen LogP contribution in [0.2, 0.25) is 0 Å². The van der Waals surface area contributed by atoms with Gasteiger partial charge in [0.25, 0.3) is 0 Å². The minimum absolute atomic E-state index is 0.318. The molecule has 0 fully saturated rings. The van der Waals surface area contributed by atoms with Gasteiger partial charge in [-0.05, 0) is 12.1 Å². The molecule has 0 unspecified atom stereocenters. The van der Waals surface area contributed by atoms with Gasteiger partial charge in [0.1, 0.15) is 6.07 Å². The highest BCUT2D eigenvalue weighted by Crippen LogP contribution is 2.19. The highest BCUT2D eigenvalue weighted by atomic mass is 32.1. The van der Waals surface area contributed by atoms with Crippen molar-refractivity contribution in [3.05, 3.63) is 45.9 Å². The molecule has 6 heteroatoms. The van der Waals surface area contributed by atoms with E-state index in [1.807, 2.05) is 11.4 Å². The van der Waals surface area contributed by atoms with Gasteiger partial charge >= 0.3 is 6.03 Å². The lowest BCUT2D eigenvalue weighted by Crippen LogP contribution is -2.30. The van der Waals surface area contributed by atoms with Crippen LogP contribution in [0.15, 0.2) is 29.6 Å². The largest absolute Gasteiger partial charge is 0.337 e. The Hall–Kier alpha value is -2.39. The number of anilines is 1. The SMILES string of the molecule is CC(C)c1nc(CCNC(=O)Nc2ccccc2C#N)cs1. The molecule has 0 bridgehead atoms. The van der Waals surface area contributed by atoms with Crippen LogP contribution in [0, 0.1) is 11.3 Å². The molecule has 2 amide bonds. The zero-order valence-electron chi connectivity index (χ0n) is 12.6. The number of amides is 2. The maximum atomic E-state index is 11.8. The van der Waals surface area contributed by atoms with Crippen molar-refractivity contribution in [2.45, 2.75) is 26.2 Å². The minimum Gasteiger partial charge on any atom is -0.337 e. The lowest BCUT2D eigenvalue weighted by molar-refractivity contribution is 0.252. The van der Waals surface area contributed by atoms with Gasteiger partial charge in [-0.3, -0.25) is 0 Å². The number of rotatable bonds is 5. The number of nitriles is 1. The Balaban J connectivity index is 1.81. The molecule has 1 aromatic heterocycles. The van der Waals surface area contributed by atoms with E-state index >= 15 is 0 Å². The molecule has 2 rings (SSSR count). The van der Waals surface area contributed by atoms with Gasteiger partial charge in [0.15, 0.2) is 0 Å². The third-order valence-electron chi connectivity index (χ3n) is 3.03. The summed E-state index contributed by atoms with van der Waals surface area (Å²) in [6.45, 7) is 4.73. The number of urea groups is 1. The molecule has 22 heavy (non-hydrogen) atoms. The van der Waals surface area contributed by atoms with E-state index < -0.39 is 0 Å². The van der Waals surface area contributed by atoms with Gasteiger partial charge in [-0.2, -0.15) is 5.26 Å². The first-order valence-corrected chi connectivity index (χ1v) is 7.96. The lowest BCUT2D eigenvalue weighted by atomic mass is 10.2. The zero-order valence-corrected chi connectivity index (χ0v) is 13.4. The van der Waals surface area contributed by atoms with Gasteiger partial charge in [-0.15, -0.1) is 11.3 Å². The summed E-state index contributed by atoms with van der Waals surface area (Å²) >= 11 is 1.65. The van der Waals surface area contributed by atoms with Gasteiger partial charge in [-0.25, -0.2) is 9.78 Å². The van der Waals surface area contributed by atoms with Gasteiger partial charge in [-0.1, -0.05) is 26.0 Å². The molecule has 114 valence electrons. The molecule has 0 saturated heterocycles. The Morgan fingerprint density at radius 2 is 2.18 bits per heavy atom. The summed E-state index contributed by atoms with van der Waals surface area (Å²) in [5.41, 5.74) is 1.95. The van der Waals surface area contributed by atoms with E-state index in [2.05, 4.69) is 29.5 Å². The number of carbonyl (C=O) groups excluding carboxylic acids is 1. The number of hydrogen-bond acceptors (Lipinski definition) is 4. The molecule has 1 heterocycles. The molecule has 0 aliphatic heterocycles. The van der Waals surface area contributed by atoms with Gasteiger partial charge in [0.2, 0.25) is 0 Å². The number of hydrogen-bond donors (Lipinski definition) is 2. The van der Waals surface area contributed by atoms with Crippen LogP contribution in [0.4, 0.5) is 10.5 Å². The molecule has 0 saturated carbocycles. The van der Waals surface area contributed by atoms with Crippen molar-refractivity contribution in [1.29, 1.82) is 5.26 Å². The average Bonchev–Trinajstić information content (AvgIpc) is 2.97. The van der Waals surface area contributed by atoms with E-state index in [0.29, 0.717) is 30.1 Å². The second-order valence-corrected chi connectivity index (χ2v) is 6.01. The molecule has 0 spiro atoms.